The highest BCUT2D eigenvalue weighted by atomic mass is 15.0. The number of nitrogens with one attached hydrogen (secondary N) is 1. The van der Waals surface area contributed by atoms with Crippen LogP contribution in [0.1, 0.15) is 109 Å². The Bertz CT molecular complexity index is 403. The van der Waals surface area contributed by atoms with Crippen LogP contribution in [0.5, 0.6) is 0 Å². The number of rotatable bonds is 16. The van der Waals surface area contributed by atoms with Crippen LogP contribution < -0.4 is 4.90 Å². The maximum Gasteiger partial charge on any atom is 0.102 e. The molecule has 1 aromatic rings. The van der Waals surface area contributed by atoms with Gasteiger partial charge in [0.05, 0.1) is 14.1 Å². The summed E-state index contributed by atoms with van der Waals surface area (Å²) in [7, 11) is 4.32. The van der Waals surface area contributed by atoms with Crippen molar-refractivity contribution in [2.24, 2.45) is 0 Å². The van der Waals surface area contributed by atoms with Gasteiger partial charge in [0.25, 0.3) is 0 Å². The van der Waals surface area contributed by atoms with Crippen molar-refractivity contribution in [1.29, 1.82) is 0 Å². The third-order valence-corrected chi connectivity index (χ3v) is 5.02. The third kappa shape index (κ3) is 21.2. The van der Waals surface area contributed by atoms with Gasteiger partial charge in [0.1, 0.15) is 6.54 Å². The monoisotopic (exact) mass is 388 g/mol. The minimum atomic E-state index is 1.11. The smallest absolute Gasteiger partial charge is 0.102 e. The quantitative estimate of drug-likeness (QED) is 0.223. The predicted octanol–water partition coefficient (Wildman–Crippen LogP) is 7.37. The van der Waals surface area contributed by atoms with Crippen molar-refractivity contribution in [3.63, 3.8) is 0 Å². The zero-order valence-electron chi connectivity index (χ0n) is 19.6. The zero-order chi connectivity index (χ0) is 20.7. The van der Waals surface area contributed by atoms with Gasteiger partial charge in [0.2, 0.25) is 0 Å². The third-order valence-electron chi connectivity index (χ3n) is 5.02. The van der Waals surface area contributed by atoms with E-state index >= 15 is 0 Å². The van der Waals surface area contributed by atoms with E-state index in [-0.39, 0.29) is 0 Å². The number of benzene rings is 1. The normalized spacial score (nSPS) is 11.0. The average Bonchev–Trinajstić information content (AvgIpc) is 2.69. The molecule has 0 aliphatic rings. The minimum Gasteiger partial charge on any atom is -0.336 e. The molecule has 1 N–H and O–H groups in total. The zero-order valence-corrected chi connectivity index (χ0v) is 19.6. The van der Waals surface area contributed by atoms with Crippen LogP contribution >= 0.6 is 0 Å². The van der Waals surface area contributed by atoms with Gasteiger partial charge in [0, 0.05) is 5.56 Å². The lowest BCUT2D eigenvalue weighted by molar-refractivity contribution is -0.872. The van der Waals surface area contributed by atoms with Crippen LogP contribution in [-0.4, -0.2) is 14.1 Å². The molecule has 0 aliphatic heterocycles. The van der Waals surface area contributed by atoms with Crippen LogP contribution in [0, 0.1) is 0 Å². The van der Waals surface area contributed by atoms with Crippen LogP contribution in [0.3, 0.4) is 0 Å². The van der Waals surface area contributed by atoms with Crippen molar-refractivity contribution in [3.8, 4) is 0 Å². The number of hydrogen-bond donors (Lipinski definition) is 1. The molecule has 0 fully saturated rings. The molecule has 0 spiro atoms. The van der Waals surface area contributed by atoms with Gasteiger partial charge in [0.15, 0.2) is 0 Å². The molecule has 1 nitrogen and oxygen atoms in total. The molecular weight excluding hydrogens is 338 g/mol. The molecule has 0 atom stereocenters. The van der Waals surface area contributed by atoms with Crippen LogP contribution in [0.4, 0.5) is 0 Å². The Morgan fingerprint density at radius 2 is 1.04 bits per heavy atom. The number of unbranched alkanes of at least 4 members (excludes halogenated alkanes) is 12. The van der Waals surface area contributed by atoms with E-state index in [1.54, 1.807) is 0 Å². The summed E-state index contributed by atoms with van der Waals surface area (Å²) < 4.78 is 0. The fourth-order valence-electron chi connectivity index (χ4n) is 3.32. The Morgan fingerprint density at radius 3 is 1.46 bits per heavy atom. The van der Waals surface area contributed by atoms with Gasteiger partial charge >= 0.3 is 0 Å². The molecule has 162 valence electrons. The lowest BCUT2D eigenvalue weighted by Gasteiger charge is -2.05. The van der Waals surface area contributed by atoms with E-state index in [0.717, 1.165) is 6.54 Å². The molecule has 0 amide bonds. The first-order chi connectivity index (χ1) is 13.7. The second-order valence-electron chi connectivity index (χ2n) is 8.45. The first-order valence-electron chi connectivity index (χ1n) is 12.2. The molecule has 0 bridgehead atoms. The van der Waals surface area contributed by atoms with Gasteiger partial charge in [-0.05, 0) is 25.7 Å². The van der Waals surface area contributed by atoms with Crippen LogP contribution in [0.15, 0.2) is 42.5 Å². The summed E-state index contributed by atoms with van der Waals surface area (Å²) in [6.45, 7) is 5.68. The Morgan fingerprint density at radius 1 is 0.607 bits per heavy atom. The molecule has 0 saturated heterocycles. The number of allylic oxidation sites excluding steroid dienone is 2. The molecule has 0 saturated carbocycles. The Hall–Kier alpha value is -1.08. The molecule has 1 heteroatoms. The lowest BCUT2D eigenvalue weighted by Crippen LogP contribution is -3.04. The fourth-order valence-corrected chi connectivity index (χ4v) is 3.32. The predicted molar refractivity (Wildman–Crippen MR) is 128 cm³/mol. The highest BCUT2D eigenvalue weighted by Gasteiger charge is 1.94. The van der Waals surface area contributed by atoms with Crippen molar-refractivity contribution >= 4 is 0 Å². The number of hydrogen-bond acceptors (Lipinski definition) is 0. The van der Waals surface area contributed by atoms with E-state index in [0.29, 0.717) is 0 Å². The van der Waals surface area contributed by atoms with Crippen LogP contribution in [0.2, 0.25) is 0 Å². The van der Waals surface area contributed by atoms with Gasteiger partial charge in [-0.1, -0.05) is 121 Å². The van der Waals surface area contributed by atoms with Gasteiger partial charge in [-0.15, -0.1) is 0 Å². The maximum atomic E-state index is 2.41. The van der Waals surface area contributed by atoms with E-state index < -0.39 is 0 Å². The molecule has 0 unspecified atom stereocenters. The van der Waals surface area contributed by atoms with Gasteiger partial charge in [-0.2, -0.15) is 0 Å². The first kappa shape index (κ1) is 26.9. The lowest BCUT2D eigenvalue weighted by atomic mass is 10.1. The summed E-state index contributed by atoms with van der Waals surface area (Å²) in [5, 5.41) is 0. The fraction of sp³-hybridized carbons (Fsp3) is 0.704. The average molecular weight is 389 g/mol. The molecule has 0 heterocycles. The van der Waals surface area contributed by atoms with Crippen molar-refractivity contribution in [2.75, 3.05) is 14.1 Å². The highest BCUT2D eigenvalue weighted by Crippen LogP contribution is 2.09. The van der Waals surface area contributed by atoms with E-state index in [1.165, 1.54) is 100 Å². The summed E-state index contributed by atoms with van der Waals surface area (Å²) in [5.41, 5.74) is 1.41. The Kier molecular flexibility index (Phi) is 21.4. The van der Waals surface area contributed by atoms with Crippen molar-refractivity contribution in [2.45, 2.75) is 110 Å². The topological polar surface area (TPSA) is 4.44 Å². The highest BCUT2D eigenvalue weighted by molar-refractivity contribution is 5.12. The number of quaternary nitrogens is 1. The van der Waals surface area contributed by atoms with E-state index in [9.17, 15) is 0 Å². The van der Waals surface area contributed by atoms with E-state index in [2.05, 4.69) is 70.4 Å². The Balaban J connectivity index is 0.000000609. The molecule has 0 aliphatic carbocycles. The van der Waals surface area contributed by atoms with E-state index in [1.807, 2.05) is 0 Å². The van der Waals surface area contributed by atoms with Crippen LogP contribution in [0.25, 0.3) is 0 Å². The SMILES string of the molecule is CCCCCCCC/C=C\CCCCCCCC.C[NH+](C)Cc1ccccc1. The van der Waals surface area contributed by atoms with Crippen molar-refractivity contribution < 1.29 is 4.90 Å². The summed E-state index contributed by atoms with van der Waals surface area (Å²) in [6, 6.07) is 10.5. The Labute approximate surface area is 177 Å². The maximum absolute atomic E-state index is 2.41. The second-order valence-corrected chi connectivity index (χ2v) is 8.45. The molecule has 28 heavy (non-hydrogen) atoms. The summed E-state index contributed by atoms with van der Waals surface area (Å²) >= 11 is 0. The van der Waals surface area contributed by atoms with Crippen LogP contribution in [-0.2, 0) is 6.54 Å². The summed E-state index contributed by atoms with van der Waals surface area (Å²) in [4.78, 5) is 1.46. The molecule has 0 radical (unpaired) electrons. The second kappa shape index (κ2) is 22.2. The molecule has 0 aromatic heterocycles. The van der Waals surface area contributed by atoms with E-state index in [4.69, 9.17) is 0 Å². The van der Waals surface area contributed by atoms with Gasteiger partial charge < -0.3 is 4.90 Å². The largest absolute Gasteiger partial charge is 0.336 e. The molecule has 1 rings (SSSR count). The summed E-state index contributed by atoms with van der Waals surface area (Å²) in [6.07, 6.45) is 24.4. The van der Waals surface area contributed by atoms with Crippen molar-refractivity contribution in [1.82, 2.24) is 0 Å². The molecule has 1 aromatic carbocycles. The molecular formula is C27H50N+. The summed E-state index contributed by atoms with van der Waals surface area (Å²) in [5.74, 6) is 0. The standard InChI is InChI=1S/C18H36.C9H13N/c1-3-5-7-9-11-13-15-17-18-16-14-12-10-8-6-4-2;1-10(2)8-9-6-4-3-5-7-9/h17-18H,3-16H2,1-2H3;3-7H,8H2,1-2H3/p+1/b18-17-;. The van der Waals surface area contributed by atoms with Crippen molar-refractivity contribution in [3.05, 3.63) is 48.0 Å². The minimum absolute atomic E-state index is 1.11. The first-order valence-corrected chi connectivity index (χ1v) is 12.2. The van der Waals surface area contributed by atoms with Gasteiger partial charge in [-0.25, -0.2) is 0 Å². The van der Waals surface area contributed by atoms with Gasteiger partial charge in [-0.3, -0.25) is 0 Å².